The van der Waals surface area contributed by atoms with Crippen LogP contribution in [-0.4, -0.2) is 16.9 Å². The Balaban J connectivity index is 1.85. The van der Waals surface area contributed by atoms with Crippen molar-refractivity contribution in [2.75, 3.05) is 7.11 Å². The van der Waals surface area contributed by atoms with E-state index in [4.69, 9.17) is 9.84 Å². The zero-order chi connectivity index (χ0) is 18.8. The van der Waals surface area contributed by atoms with Gasteiger partial charge in [-0.2, -0.15) is 5.10 Å². The van der Waals surface area contributed by atoms with Crippen molar-refractivity contribution < 1.29 is 4.74 Å². The molecule has 0 fully saturated rings. The number of aryl methyl sites for hydroxylation is 2. The largest absolute Gasteiger partial charge is 0.497 e. The first-order valence-corrected chi connectivity index (χ1v) is 9.02. The highest BCUT2D eigenvalue weighted by atomic mass is 16.5. The van der Waals surface area contributed by atoms with E-state index in [1.165, 1.54) is 11.1 Å². The van der Waals surface area contributed by atoms with Crippen LogP contribution in [0.2, 0.25) is 0 Å². The minimum absolute atomic E-state index is 0.837. The molecule has 1 aromatic heterocycles. The SMILES string of the molecule is COc1ccc(-n2cc(-c3ccc(C)cc3)c(-c3ccc(C)cc3)n2)cc1. The maximum atomic E-state index is 5.27. The second-order valence-electron chi connectivity index (χ2n) is 6.77. The van der Waals surface area contributed by atoms with Gasteiger partial charge in [-0.05, 0) is 43.7 Å². The molecule has 134 valence electrons. The van der Waals surface area contributed by atoms with Crippen molar-refractivity contribution in [2.45, 2.75) is 13.8 Å². The molecule has 0 N–H and O–H groups in total. The van der Waals surface area contributed by atoms with E-state index in [0.29, 0.717) is 0 Å². The van der Waals surface area contributed by atoms with Crippen LogP contribution in [0.4, 0.5) is 0 Å². The average Bonchev–Trinajstić information content (AvgIpc) is 3.14. The van der Waals surface area contributed by atoms with Gasteiger partial charge in [0.05, 0.1) is 12.8 Å². The summed E-state index contributed by atoms with van der Waals surface area (Å²) in [5, 5.41) is 4.91. The summed E-state index contributed by atoms with van der Waals surface area (Å²) in [5.41, 5.74) is 7.87. The maximum absolute atomic E-state index is 5.27. The summed E-state index contributed by atoms with van der Waals surface area (Å²) in [7, 11) is 1.67. The zero-order valence-electron chi connectivity index (χ0n) is 15.8. The Morgan fingerprint density at radius 3 is 1.81 bits per heavy atom. The Hall–Kier alpha value is -3.33. The molecule has 3 aromatic carbocycles. The second-order valence-corrected chi connectivity index (χ2v) is 6.77. The smallest absolute Gasteiger partial charge is 0.119 e. The number of aromatic nitrogens is 2. The number of hydrogen-bond acceptors (Lipinski definition) is 2. The fraction of sp³-hybridized carbons (Fsp3) is 0.125. The quantitative estimate of drug-likeness (QED) is 0.461. The van der Waals surface area contributed by atoms with E-state index in [0.717, 1.165) is 33.8 Å². The molecule has 4 rings (SSSR count). The molecule has 0 aliphatic carbocycles. The number of hydrogen-bond donors (Lipinski definition) is 0. The average molecular weight is 354 g/mol. The standard InChI is InChI=1S/C24H22N2O/c1-17-4-8-19(9-5-17)23-16-26(21-12-14-22(27-3)15-13-21)25-24(23)20-10-6-18(2)7-11-20/h4-16H,1-3H3. The van der Waals surface area contributed by atoms with Gasteiger partial charge in [0.25, 0.3) is 0 Å². The van der Waals surface area contributed by atoms with Crippen molar-refractivity contribution in [1.82, 2.24) is 9.78 Å². The van der Waals surface area contributed by atoms with Crippen molar-refractivity contribution in [1.29, 1.82) is 0 Å². The first kappa shape index (κ1) is 17.1. The number of ether oxygens (including phenoxy) is 1. The highest BCUT2D eigenvalue weighted by Gasteiger charge is 2.14. The summed E-state index contributed by atoms with van der Waals surface area (Å²) in [5.74, 6) is 0.837. The zero-order valence-corrected chi connectivity index (χ0v) is 15.8. The summed E-state index contributed by atoms with van der Waals surface area (Å²) in [6.45, 7) is 4.20. The lowest BCUT2D eigenvalue weighted by Gasteiger charge is -2.04. The lowest BCUT2D eigenvalue weighted by atomic mass is 10.0. The molecular formula is C24H22N2O. The highest BCUT2D eigenvalue weighted by Crippen LogP contribution is 2.32. The molecule has 0 aliphatic rings. The number of rotatable bonds is 4. The number of methoxy groups -OCH3 is 1. The summed E-state index contributed by atoms with van der Waals surface area (Å²) in [6.07, 6.45) is 2.10. The van der Waals surface area contributed by atoms with E-state index < -0.39 is 0 Å². The maximum Gasteiger partial charge on any atom is 0.119 e. The second kappa shape index (κ2) is 7.12. The van der Waals surface area contributed by atoms with E-state index in [1.807, 2.05) is 28.9 Å². The van der Waals surface area contributed by atoms with Crippen molar-refractivity contribution in [3.05, 3.63) is 90.1 Å². The van der Waals surface area contributed by atoms with Crippen molar-refractivity contribution >= 4 is 0 Å². The van der Waals surface area contributed by atoms with Gasteiger partial charge in [-0.1, -0.05) is 59.7 Å². The Labute approximate surface area is 159 Å². The topological polar surface area (TPSA) is 27.1 Å². The lowest BCUT2D eigenvalue weighted by Crippen LogP contribution is -1.95. The first-order chi connectivity index (χ1) is 13.1. The summed E-state index contributed by atoms with van der Waals surface area (Å²) < 4.78 is 7.20. The fourth-order valence-corrected chi connectivity index (χ4v) is 3.11. The Kier molecular flexibility index (Phi) is 4.51. The highest BCUT2D eigenvalue weighted by molar-refractivity contribution is 5.81. The van der Waals surface area contributed by atoms with E-state index in [1.54, 1.807) is 7.11 Å². The van der Waals surface area contributed by atoms with Crippen LogP contribution < -0.4 is 4.74 Å². The third-order valence-electron chi connectivity index (χ3n) is 4.74. The molecule has 0 amide bonds. The van der Waals surface area contributed by atoms with Gasteiger partial charge in [-0.15, -0.1) is 0 Å². The molecule has 3 nitrogen and oxygen atoms in total. The fourth-order valence-electron chi connectivity index (χ4n) is 3.11. The summed E-state index contributed by atoms with van der Waals surface area (Å²) in [4.78, 5) is 0. The van der Waals surface area contributed by atoms with Crippen molar-refractivity contribution in [3.63, 3.8) is 0 Å². The van der Waals surface area contributed by atoms with Crippen LogP contribution in [-0.2, 0) is 0 Å². The van der Waals surface area contributed by atoms with Crippen LogP contribution in [0.1, 0.15) is 11.1 Å². The molecule has 0 spiro atoms. The number of nitrogens with zero attached hydrogens (tertiary/aromatic N) is 2. The van der Waals surface area contributed by atoms with Crippen LogP contribution in [0.15, 0.2) is 79.0 Å². The lowest BCUT2D eigenvalue weighted by molar-refractivity contribution is 0.414. The third kappa shape index (κ3) is 3.49. The van der Waals surface area contributed by atoms with Crippen molar-refractivity contribution in [3.8, 4) is 33.8 Å². The number of benzene rings is 3. The Morgan fingerprint density at radius 2 is 1.26 bits per heavy atom. The molecule has 0 atom stereocenters. The van der Waals surface area contributed by atoms with Crippen LogP contribution in [0, 0.1) is 13.8 Å². The molecule has 4 aromatic rings. The predicted molar refractivity (Wildman–Crippen MR) is 110 cm³/mol. The Bertz CT molecular complexity index is 980. The molecule has 0 unspecified atom stereocenters. The van der Waals surface area contributed by atoms with Gasteiger partial charge in [0.1, 0.15) is 11.4 Å². The third-order valence-corrected chi connectivity index (χ3v) is 4.74. The van der Waals surface area contributed by atoms with Crippen LogP contribution >= 0.6 is 0 Å². The molecule has 0 saturated carbocycles. The molecule has 0 aliphatic heterocycles. The molecule has 1 heterocycles. The molecular weight excluding hydrogens is 332 g/mol. The van der Waals surface area contributed by atoms with Crippen molar-refractivity contribution in [2.24, 2.45) is 0 Å². The predicted octanol–water partition coefficient (Wildman–Crippen LogP) is 5.83. The van der Waals surface area contributed by atoms with Crippen LogP contribution in [0.5, 0.6) is 5.75 Å². The van der Waals surface area contributed by atoms with Gasteiger partial charge in [0.2, 0.25) is 0 Å². The summed E-state index contributed by atoms with van der Waals surface area (Å²) in [6, 6.07) is 25.0. The van der Waals surface area contributed by atoms with Gasteiger partial charge in [0, 0.05) is 17.3 Å². The van der Waals surface area contributed by atoms with E-state index in [9.17, 15) is 0 Å². The molecule has 0 bridgehead atoms. The summed E-state index contributed by atoms with van der Waals surface area (Å²) >= 11 is 0. The molecule has 3 heteroatoms. The van der Waals surface area contributed by atoms with E-state index in [-0.39, 0.29) is 0 Å². The monoisotopic (exact) mass is 354 g/mol. The molecule has 27 heavy (non-hydrogen) atoms. The van der Waals surface area contributed by atoms with E-state index >= 15 is 0 Å². The molecule has 0 radical (unpaired) electrons. The van der Waals surface area contributed by atoms with Gasteiger partial charge in [-0.25, -0.2) is 4.68 Å². The first-order valence-electron chi connectivity index (χ1n) is 9.02. The van der Waals surface area contributed by atoms with Gasteiger partial charge < -0.3 is 4.74 Å². The minimum Gasteiger partial charge on any atom is -0.497 e. The van der Waals surface area contributed by atoms with E-state index in [2.05, 4.69) is 68.6 Å². The molecule has 0 saturated heterocycles. The Morgan fingerprint density at radius 1 is 0.704 bits per heavy atom. The van der Waals surface area contributed by atoms with Gasteiger partial charge >= 0.3 is 0 Å². The van der Waals surface area contributed by atoms with Gasteiger partial charge in [0.15, 0.2) is 0 Å². The van der Waals surface area contributed by atoms with Crippen LogP contribution in [0.25, 0.3) is 28.1 Å². The van der Waals surface area contributed by atoms with Crippen LogP contribution in [0.3, 0.4) is 0 Å². The normalized spacial score (nSPS) is 10.8. The van der Waals surface area contributed by atoms with Gasteiger partial charge in [-0.3, -0.25) is 0 Å². The minimum atomic E-state index is 0.837.